The predicted molar refractivity (Wildman–Crippen MR) is 362 cm³/mol. The lowest BCUT2D eigenvalue weighted by molar-refractivity contribution is -0.371. The fourth-order valence-corrected chi connectivity index (χ4v) is 11.8. The molecule has 8 aromatic rings. The molecule has 0 spiro atoms. The third-order valence-electron chi connectivity index (χ3n) is 16.8. The minimum atomic E-state index is -2.30. The molecular formula is C79H69FO26. The molecule has 3 saturated heterocycles. The van der Waals surface area contributed by atoms with E-state index in [4.69, 9.17) is 71.1 Å². The second-order valence-electron chi connectivity index (χ2n) is 24.0. The van der Waals surface area contributed by atoms with Crippen molar-refractivity contribution in [2.24, 2.45) is 5.92 Å². The molecule has 0 radical (unpaired) electrons. The van der Waals surface area contributed by atoms with Crippen LogP contribution in [0, 0.1) is 5.92 Å². The molecule has 0 aliphatic carbocycles. The Labute approximate surface area is 605 Å². The average molecular weight is 1450 g/mol. The van der Waals surface area contributed by atoms with Crippen LogP contribution >= 0.6 is 0 Å². The van der Waals surface area contributed by atoms with Crippen molar-refractivity contribution in [1.82, 2.24) is 0 Å². The molecule has 3 heterocycles. The van der Waals surface area contributed by atoms with Gasteiger partial charge in [0.25, 0.3) is 0 Å². The maximum atomic E-state index is 15.6. The summed E-state index contributed by atoms with van der Waals surface area (Å²) in [7, 11) is 0. The van der Waals surface area contributed by atoms with Crippen molar-refractivity contribution in [3.8, 4) is 0 Å². The van der Waals surface area contributed by atoms with Gasteiger partial charge in [-0.3, -0.25) is 9.59 Å². The van der Waals surface area contributed by atoms with E-state index in [0.717, 1.165) is 13.8 Å². The molecule has 106 heavy (non-hydrogen) atoms. The summed E-state index contributed by atoms with van der Waals surface area (Å²) in [6.07, 6.45) is -27.2. The number of carbonyl (C=O) groups excluding carboxylic acids is 10. The zero-order valence-electron chi connectivity index (χ0n) is 56.6. The Kier molecular flexibility index (Phi) is 26.0. The smallest absolute Gasteiger partial charge is 0.338 e. The zero-order valence-corrected chi connectivity index (χ0v) is 56.6. The van der Waals surface area contributed by atoms with Crippen LogP contribution in [0.2, 0.25) is 0 Å². The quantitative estimate of drug-likeness (QED) is 0.0341. The van der Waals surface area contributed by atoms with Crippen LogP contribution < -0.4 is 0 Å². The standard InChI is InChI=1S/C79H69FO26/c1-47(81)95-61-57(43-93-77-67(104-75(89)55-39-23-9-24-40-55)65(102-73(87)53-35-19-7-20-36-53)63(100-71(85)51-31-15-5-16-32-51)59(97-77)44-91-69(83)49-27-11-3-12-28-49)62(96-48(2)82)79(106-80)99-58(61)46-94-78-68(105-76(90)56-41-25-10-26-42-56)66(103-74(88)54-37-21-8-22-38-54)64(101-72(86)52-33-17-6-18-34-52)60(98-78)45-92-70(84)50-29-13-4-14-30-50/h3-42,57-68,77-79H,43-46H2,1-2H3. The first kappa shape index (κ1) is 75.3. The molecule has 0 saturated carbocycles. The van der Waals surface area contributed by atoms with Crippen molar-refractivity contribution in [3.63, 3.8) is 0 Å². The van der Waals surface area contributed by atoms with Crippen LogP contribution in [0.25, 0.3) is 0 Å². The summed E-state index contributed by atoms with van der Waals surface area (Å²) in [6.45, 7) is -1.58. The van der Waals surface area contributed by atoms with Crippen molar-refractivity contribution >= 4 is 59.7 Å². The van der Waals surface area contributed by atoms with E-state index < -0.39 is 178 Å². The number of esters is 10. The first-order valence-electron chi connectivity index (χ1n) is 33.3. The average Bonchev–Trinajstić information content (AvgIpc) is 0.777. The van der Waals surface area contributed by atoms with Crippen molar-refractivity contribution in [3.05, 3.63) is 287 Å². The Balaban J connectivity index is 0.984. The summed E-state index contributed by atoms with van der Waals surface area (Å²) in [5.41, 5.74) is -0.0582. The van der Waals surface area contributed by atoms with E-state index in [2.05, 4.69) is 4.94 Å². The van der Waals surface area contributed by atoms with E-state index in [0.29, 0.717) is 0 Å². The Bertz CT molecular complexity index is 4280. The molecule has 3 aliphatic heterocycles. The van der Waals surface area contributed by atoms with Crippen LogP contribution in [-0.4, -0.2) is 172 Å². The van der Waals surface area contributed by atoms with Gasteiger partial charge in [-0.1, -0.05) is 146 Å². The molecule has 3 fully saturated rings. The lowest BCUT2D eigenvalue weighted by Crippen LogP contribution is -2.65. The number of hydrogen-bond donors (Lipinski definition) is 0. The van der Waals surface area contributed by atoms with E-state index in [1.807, 2.05) is 0 Å². The van der Waals surface area contributed by atoms with Gasteiger partial charge in [0.05, 0.1) is 63.6 Å². The maximum Gasteiger partial charge on any atom is 0.338 e. The first-order valence-corrected chi connectivity index (χ1v) is 33.3. The van der Waals surface area contributed by atoms with Crippen LogP contribution in [0.4, 0.5) is 4.53 Å². The van der Waals surface area contributed by atoms with E-state index >= 15 is 4.53 Å². The van der Waals surface area contributed by atoms with Gasteiger partial charge in [-0.15, -0.1) is 0 Å². The normalized spacial score (nSPS) is 23.9. The van der Waals surface area contributed by atoms with Crippen molar-refractivity contribution < 1.29 is 128 Å². The summed E-state index contributed by atoms with van der Waals surface area (Å²) < 4.78 is 109. The lowest BCUT2D eigenvalue weighted by Gasteiger charge is -2.47. The molecule has 548 valence electrons. The van der Waals surface area contributed by atoms with E-state index in [1.54, 1.807) is 97.1 Å². The molecule has 26 nitrogen and oxygen atoms in total. The molecule has 11 rings (SSSR count). The predicted octanol–water partition coefficient (Wildman–Crippen LogP) is 9.64. The van der Waals surface area contributed by atoms with Crippen LogP contribution in [0.5, 0.6) is 0 Å². The molecule has 3 aliphatic rings. The summed E-state index contributed by atoms with van der Waals surface area (Å²) in [4.78, 5) is 146. The number of hydrogen-bond acceptors (Lipinski definition) is 26. The largest absolute Gasteiger partial charge is 0.459 e. The second-order valence-corrected chi connectivity index (χ2v) is 24.0. The Morgan fingerprint density at radius 1 is 0.264 bits per heavy atom. The van der Waals surface area contributed by atoms with E-state index in [9.17, 15) is 47.9 Å². The molecule has 15 unspecified atom stereocenters. The minimum Gasteiger partial charge on any atom is -0.459 e. The molecule has 8 aromatic carbocycles. The highest BCUT2D eigenvalue weighted by molar-refractivity contribution is 5.94. The second kappa shape index (κ2) is 36.5. The molecular weight excluding hydrogens is 1380 g/mol. The minimum absolute atomic E-state index is 0.00386. The highest BCUT2D eigenvalue weighted by Gasteiger charge is 2.58. The van der Waals surface area contributed by atoms with Crippen LogP contribution in [0.3, 0.4) is 0 Å². The third kappa shape index (κ3) is 19.5. The van der Waals surface area contributed by atoms with Crippen molar-refractivity contribution in [1.29, 1.82) is 0 Å². The summed E-state index contributed by atoms with van der Waals surface area (Å²) in [6, 6.07) is 60.5. The number of halogens is 1. The number of benzene rings is 8. The number of carbonyl (C=O) groups is 10. The highest BCUT2D eigenvalue weighted by Crippen LogP contribution is 2.38. The summed E-state index contributed by atoms with van der Waals surface area (Å²) >= 11 is 0. The first-order chi connectivity index (χ1) is 51.5. The molecule has 27 heteroatoms. The van der Waals surface area contributed by atoms with Gasteiger partial charge in [0, 0.05) is 13.8 Å². The maximum absolute atomic E-state index is 15.6. The van der Waals surface area contributed by atoms with E-state index in [-0.39, 0.29) is 44.5 Å². The Morgan fingerprint density at radius 2 is 0.500 bits per heavy atom. The molecule has 0 bridgehead atoms. The Morgan fingerprint density at radius 3 is 0.783 bits per heavy atom. The fourth-order valence-electron chi connectivity index (χ4n) is 11.8. The zero-order chi connectivity index (χ0) is 74.5. The fraction of sp³-hybridized carbons (Fsp3) is 0.266. The lowest BCUT2D eigenvalue weighted by atomic mass is 9.89. The third-order valence-corrected chi connectivity index (χ3v) is 16.8. The van der Waals surface area contributed by atoms with Gasteiger partial charge < -0.3 is 71.1 Å². The van der Waals surface area contributed by atoms with Gasteiger partial charge in [0.2, 0.25) is 6.29 Å². The van der Waals surface area contributed by atoms with Gasteiger partial charge in [-0.25, -0.2) is 38.4 Å². The van der Waals surface area contributed by atoms with E-state index in [1.165, 1.54) is 146 Å². The topological polar surface area (TPSA) is 318 Å². The van der Waals surface area contributed by atoms with Crippen LogP contribution in [0.1, 0.15) is 96.7 Å². The SMILES string of the molecule is CC(=O)OC1C(COC2OC(COC(=O)c3ccccc3)C(OC(=O)c3ccccc3)C(OC(=O)c3ccccc3)C2OC(=O)c2ccccc2)OC(OF)C(OC(C)=O)C1COC1OC(COC(=O)c2ccccc2)C(OC(=O)c2ccccc2)C(OC(=O)c2ccccc2)C1OC(=O)c1ccccc1. The number of rotatable bonds is 27. The van der Waals surface area contributed by atoms with Crippen LogP contribution in [0.15, 0.2) is 243 Å². The Hall–Kier alpha value is -11.9. The van der Waals surface area contributed by atoms with Crippen molar-refractivity contribution in [2.75, 3.05) is 26.4 Å². The molecule has 0 N–H and O–H groups in total. The molecule has 15 atom stereocenters. The van der Waals surface area contributed by atoms with Gasteiger partial charge in [-0.2, -0.15) is 4.94 Å². The molecule has 0 aromatic heterocycles. The summed E-state index contributed by atoms with van der Waals surface area (Å²) in [5.74, 6) is -11.9. The monoisotopic (exact) mass is 1450 g/mol. The van der Waals surface area contributed by atoms with Gasteiger partial charge in [0.1, 0.15) is 37.6 Å². The van der Waals surface area contributed by atoms with Gasteiger partial charge in [0.15, 0.2) is 55.3 Å². The van der Waals surface area contributed by atoms with Crippen LogP contribution in [-0.2, 0) is 85.6 Å². The number of ether oxygens (including phenoxy) is 15. The summed E-state index contributed by atoms with van der Waals surface area (Å²) in [5, 5.41) is 0. The highest BCUT2D eigenvalue weighted by atomic mass is 19.3. The van der Waals surface area contributed by atoms with Crippen molar-refractivity contribution in [2.45, 2.75) is 99.9 Å². The molecule has 0 amide bonds. The van der Waals surface area contributed by atoms with Gasteiger partial charge >= 0.3 is 59.7 Å². The van der Waals surface area contributed by atoms with Gasteiger partial charge in [-0.05, 0) is 102 Å².